The molecule has 2 nitrogen and oxygen atoms in total. The predicted molar refractivity (Wildman–Crippen MR) is 64.4 cm³/mol. The number of ether oxygens (including phenoxy) is 1. The molecule has 2 N–H and O–H groups in total. The molecular formula is C10H11F3INO. The zero-order valence-corrected chi connectivity index (χ0v) is 10.5. The van der Waals surface area contributed by atoms with Crippen LogP contribution >= 0.6 is 22.6 Å². The Balaban J connectivity index is 2.38. The van der Waals surface area contributed by atoms with Crippen LogP contribution in [0.4, 0.5) is 18.9 Å². The first kappa shape index (κ1) is 13.4. The van der Waals surface area contributed by atoms with Crippen molar-refractivity contribution in [2.45, 2.75) is 19.0 Å². The lowest BCUT2D eigenvalue weighted by molar-refractivity contribution is -0.136. The number of alkyl halides is 3. The van der Waals surface area contributed by atoms with Crippen molar-refractivity contribution in [1.82, 2.24) is 0 Å². The van der Waals surface area contributed by atoms with Crippen molar-refractivity contribution in [3.05, 3.63) is 21.8 Å². The van der Waals surface area contributed by atoms with Crippen LogP contribution in [-0.2, 0) is 0 Å². The van der Waals surface area contributed by atoms with E-state index in [1.54, 1.807) is 18.2 Å². The molecule has 0 saturated carbocycles. The van der Waals surface area contributed by atoms with Crippen LogP contribution in [0.25, 0.3) is 0 Å². The largest absolute Gasteiger partial charge is 0.492 e. The van der Waals surface area contributed by atoms with Gasteiger partial charge in [-0.25, -0.2) is 0 Å². The van der Waals surface area contributed by atoms with Crippen molar-refractivity contribution in [3.8, 4) is 5.75 Å². The van der Waals surface area contributed by atoms with E-state index in [1.165, 1.54) is 0 Å². The van der Waals surface area contributed by atoms with Gasteiger partial charge in [0.05, 0.1) is 10.2 Å². The number of benzene rings is 1. The molecule has 1 aromatic carbocycles. The van der Waals surface area contributed by atoms with Crippen LogP contribution in [0.2, 0.25) is 0 Å². The number of nitrogens with two attached hydrogens (primary N) is 1. The van der Waals surface area contributed by atoms with Crippen molar-refractivity contribution >= 4 is 28.3 Å². The molecule has 6 heteroatoms. The van der Waals surface area contributed by atoms with Crippen LogP contribution in [0.15, 0.2) is 18.2 Å². The first-order chi connectivity index (χ1) is 7.38. The molecule has 0 saturated heterocycles. The van der Waals surface area contributed by atoms with E-state index in [0.717, 1.165) is 3.57 Å². The normalized spacial score (nSPS) is 11.5. The number of halogens is 4. The Labute approximate surface area is 105 Å². The Morgan fingerprint density at radius 3 is 2.56 bits per heavy atom. The summed E-state index contributed by atoms with van der Waals surface area (Å²) in [6.07, 6.45) is -4.97. The fourth-order valence-corrected chi connectivity index (χ4v) is 1.78. The molecule has 0 amide bonds. The summed E-state index contributed by atoms with van der Waals surface area (Å²) in [6.45, 7) is 0.0550. The molecule has 0 unspecified atom stereocenters. The van der Waals surface area contributed by atoms with E-state index in [4.69, 9.17) is 10.5 Å². The van der Waals surface area contributed by atoms with Crippen molar-refractivity contribution in [3.63, 3.8) is 0 Å². The van der Waals surface area contributed by atoms with Crippen LogP contribution in [0.3, 0.4) is 0 Å². The van der Waals surface area contributed by atoms with Gasteiger partial charge in [-0.05, 0) is 47.2 Å². The third-order valence-corrected chi connectivity index (χ3v) is 2.66. The highest BCUT2D eigenvalue weighted by Gasteiger charge is 2.26. The van der Waals surface area contributed by atoms with Crippen LogP contribution in [0, 0.1) is 3.57 Å². The van der Waals surface area contributed by atoms with Gasteiger partial charge < -0.3 is 10.5 Å². The Bertz CT molecular complexity index is 354. The number of anilines is 1. The quantitative estimate of drug-likeness (QED) is 0.514. The fourth-order valence-electron chi connectivity index (χ4n) is 1.09. The predicted octanol–water partition coefficient (Wildman–Crippen LogP) is 3.59. The molecule has 0 aliphatic carbocycles. The molecule has 0 aliphatic rings. The van der Waals surface area contributed by atoms with Gasteiger partial charge in [-0.15, -0.1) is 0 Å². The van der Waals surface area contributed by atoms with Crippen LogP contribution in [0.1, 0.15) is 12.8 Å². The van der Waals surface area contributed by atoms with Crippen LogP contribution < -0.4 is 10.5 Å². The van der Waals surface area contributed by atoms with Gasteiger partial charge in [0.2, 0.25) is 0 Å². The molecule has 0 spiro atoms. The van der Waals surface area contributed by atoms with E-state index in [1.807, 2.05) is 22.6 Å². The van der Waals surface area contributed by atoms with Crippen molar-refractivity contribution in [2.24, 2.45) is 0 Å². The minimum Gasteiger partial charge on any atom is -0.492 e. The summed E-state index contributed by atoms with van der Waals surface area (Å²) in [6, 6.07) is 5.02. The smallest absolute Gasteiger partial charge is 0.389 e. The lowest BCUT2D eigenvalue weighted by atomic mass is 10.3. The summed E-state index contributed by atoms with van der Waals surface area (Å²) in [7, 11) is 0. The highest BCUT2D eigenvalue weighted by Crippen LogP contribution is 2.24. The molecule has 1 rings (SSSR count). The third kappa shape index (κ3) is 4.91. The van der Waals surface area contributed by atoms with E-state index in [2.05, 4.69) is 0 Å². The highest BCUT2D eigenvalue weighted by molar-refractivity contribution is 14.1. The summed E-state index contributed by atoms with van der Waals surface area (Å²) in [5.74, 6) is 0.567. The summed E-state index contributed by atoms with van der Waals surface area (Å²) in [4.78, 5) is 0. The second-order valence-corrected chi connectivity index (χ2v) is 4.42. The summed E-state index contributed by atoms with van der Waals surface area (Å²) in [5.41, 5.74) is 6.13. The van der Waals surface area contributed by atoms with Gasteiger partial charge in [-0.3, -0.25) is 0 Å². The second kappa shape index (κ2) is 5.60. The number of rotatable bonds is 4. The molecule has 0 radical (unpaired) electrons. The average Bonchev–Trinajstić information content (AvgIpc) is 2.13. The average molecular weight is 345 g/mol. The van der Waals surface area contributed by atoms with Gasteiger partial charge in [0, 0.05) is 12.1 Å². The lowest BCUT2D eigenvalue weighted by Gasteiger charge is -2.09. The van der Waals surface area contributed by atoms with Crippen LogP contribution in [0.5, 0.6) is 5.75 Å². The monoisotopic (exact) mass is 345 g/mol. The Kier molecular flexibility index (Phi) is 4.69. The number of hydrogen-bond donors (Lipinski definition) is 1. The van der Waals surface area contributed by atoms with Gasteiger partial charge in [-0.2, -0.15) is 13.2 Å². The molecule has 1 aromatic rings. The van der Waals surface area contributed by atoms with Gasteiger partial charge in [0.15, 0.2) is 0 Å². The van der Waals surface area contributed by atoms with Gasteiger partial charge in [0.25, 0.3) is 0 Å². The zero-order chi connectivity index (χ0) is 12.2. The number of nitrogen functional groups attached to an aromatic ring is 1. The molecule has 0 aromatic heterocycles. The van der Waals surface area contributed by atoms with Crippen molar-refractivity contribution in [2.75, 3.05) is 12.3 Å². The van der Waals surface area contributed by atoms with Crippen LogP contribution in [-0.4, -0.2) is 12.8 Å². The molecule has 16 heavy (non-hydrogen) atoms. The van der Waals surface area contributed by atoms with Crippen molar-refractivity contribution in [1.29, 1.82) is 0 Å². The summed E-state index contributed by atoms with van der Waals surface area (Å²) in [5, 5.41) is 0. The molecule has 0 heterocycles. The minimum absolute atomic E-state index is 0.0377. The molecule has 0 fully saturated rings. The minimum atomic E-state index is -4.11. The standard InChI is InChI=1S/C10H11F3INO/c11-10(12,13)4-1-5-16-9-3-2-7(15)6-8(9)14/h2-3,6H,1,4-5,15H2. The summed E-state index contributed by atoms with van der Waals surface area (Å²) >= 11 is 2.03. The maximum absolute atomic E-state index is 11.8. The lowest BCUT2D eigenvalue weighted by Crippen LogP contribution is -2.10. The zero-order valence-electron chi connectivity index (χ0n) is 8.35. The molecule has 0 bridgehead atoms. The first-order valence-corrected chi connectivity index (χ1v) is 5.71. The van der Waals surface area contributed by atoms with E-state index in [-0.39, 0.29) is 13.0 Å². The summed E-state index contributed by atoms with van der Waals surface area (Å²) < 4.78 is 41.5. The Hall–Kier alpha value is -0.660. The van der Waals surface area contributed by atoms with E-state index in [0.29, 0.717) is 11.4 Å². The van der Waals surface area contributed by atoms with Crippen molar-refractivity contribution < 1.29 is 17.9 Å². The Morgan fingerprint density at radius 2 is 2.00 bits per heavy atom. The topological polar surface area (TPSA) is 35.2 Å². The SMILES string of the molecule is Nc1ccc(OCCCC(F)(F)F)c(I)c1. The fraction of sp³-hybridized carbons (Fsp3) is 0.400. The van der Waals surface area contributed by atoms with E-state index >= 15 is 0 Å². The second-order valence-electron chi connectivity index (χ2n) is 3.26. The number of hydrogen-bond acceptors (Lipinski definition) is 2. The van der Waals surface area contributed by atoms with Gasteiger partial charge >= 0.3 is 6.18 Å². The van der Waals surface area contributed by atoms with E-state index < -0.39 is 12.6 Å². The van der Waals surface area contributed by atoms with Gasteiger partial charge in [-0.1, -0.05) is 0 Å². The molecular weight excluding hydrogens is 334 g/mol. The highest BCUT2D eigenvalue weighted by atomic mass is 127. The van der Waals surface area contributed by atoms with Gasteiger partial charge in [0.1, 0.15) is 5.75 Å². The maximum Gasteiger partial charge on any atom is 0.389 e. The third-order valence-electron chi connectivity index (χ3n) is 1.82. The maximum atomic E-state index is 11.8. The molecule has 90 valence electrons. The molecule has 0 atom stereocenters. The Morgan fingerprint density at radius 1 is 1.31 bits per heavy atom. The van der Waals surface area contributed by atoms with E-state index in [9.17, 15) is 13.2 Å². The molecule has 0 aliphatic heterocycles. The first-order valence-electron chi connectivity index (χ1n) is 4.63.